The first-order chi connectivity index (χ1) is 8.79. The van der Waals surface area contributed by atoms with E-state index >= 15 is 0 Å². The molecule has 0 aliphatic carbocycles. The molecule has 1 aromatic rings. The molecular weight excluding hydrogens is 226 g/mol. The maximum atomic E-state index is 11.8. The van der Waals surface area contributed by atoms with E-state index in [1.165, 1.54) is 7.11 Å². The third-order valence-electron chi connectivity index (χ3n) is 3.00. The molecule has 0 saturated heterocycles. The van der Waals surface area contributed by atoms with E-state index in [9.17, 15) is 4.79 Å². The first kappa shape index (κ1) is 14.4. The minimum Gasteiger partial charge on any atom is -0.469 e. The van der Waals surface area contributed by atoms with Gasteiger partial charge in [-0.05, 0) is 25.1 Å². The number of hydrogen-bond acceptors (Lipinski definition) is 3. The Morgan fingerprint density at radius 2 is 2.00 bits per heavy atom. The van der Waals surface area contributed by atoms with Crippen LogP contribution in [0.4, 0.5) is 0 Å². The molecule has 1 atom stereocenters. The molecule has 0 aliphatic heterocycles. The first-order valence-corrected chi connectivity index (χ1v) is 6.35. The Hall–Kier alpha value is -1.64. The number of rotatable bonds is 8. The lowest BCUT2D eigenvalue weighted by atomic mass is 9.93. The molecule has 0 radical (unpaired) electrons. The number of hydrogen-bond donors (Lipinski definition) is 0. The summed E-state index contributed by atoms with van der Waals surface area (Å²) in [6.45, 7) is 4.26. The van der Waals surface area contributed by atoms with Crippen LogP contribution in [-0.2, 0) is 9.53 Å². The Morgan fingerprint density at radius 1 is 1.28 bits per heavy atom. The van der Waals surface area contributed by atoms with Gasteiger partial charge in [-0.1, -0.05) is 43.2 Å². The van der Waals surface area contributed by atoms with Gasteiger partial charge in [0.25, 0.3) is 0 Å². The van der Waals surface area contributed by atoms with Gasteiger partial charge in [0.15, 0.2) is 0 Å². The number of methoxy groups -OCH3 is 1. The average molecular weight is 247 g/mol. The molecular formula is C15H21NO2. The van der Waals surface area contributed by atoms with Crippen LogP contribution in [0.15, 0.2) is 35.3 Å². The second-order valence-corrected chi connectivity index (χ2v) is 4.28. The normalized spacial score (nSPS) is 11.8. The lowest BCUT2D eigenvalue weighted by Gasteiger charge is -2.14. The number of carbonyl (C=O) groups excluding carboxylic acids is 1. The Morgan fingerprint density at radius 3 is 2.61 bits per heavy atom. The van der Waals surface area contributed by atoms with Crippen LogP contribution >= 0.6 is 0 Å². The molecule has 0 saturated carbocycles. The second-order valence-electron chi connectivity index (χ2n) is 4.28. The Bertz CT molecular complexity index is 362. The van der Waals surface area contributed by atoms with Crippen molar-refractivity contribution in [3.05, 3.63) is 35.9 Å². The van der Waals surface area contributed by atoms with Crippen LogP contribution in [0.5, 0.6) is 0 Å². The third-order valence-corrected chi connectivity index (χ3v) is 3.00. The van der Waals surface area contributed by atoms with Gasteiger partial charge in [0.1, 0.15) is 0 Å². The van der Waals surface area contributed by atoms with Crippen LogP contribution < -0.4 is 0 Å². The highest BCUT2D eigenvalue weighted by Crippen LogP contribution is 2.23. The Labute approximate surface area is 109 Å². The number of nitrogens with zero attached hydrogens (tertiary/aromatic N) is 1. The number of carbonyl (C=O) groups is 1. The summed E-state index contributed by atoms with van der Waals surface area (Å²) in [4.78, 5) is 15.6. The highest BCUT2D eigenvalue weighted by molar-refractivity contribution is 5.77. The quantitative estimate of drug-likeness (QED) is 0.402. The lowest BCUT2D eigenvalue weighted by molar-refractivity contribution is -0.142. The molecule has 3 nitrogen and oxygen atoms in total. The lowest BCUT2D eigenvalue weighted by Crippen LogP contribution is -2.14. The van der Waals surface area contributed by atoms with E-state index in [-0.39, 0.29) is 11.9 Å². The van der Waals surface area contributed by atoms with E-state index < -0.39 is 0 Å². The van der Waals surface area contributed by atoms with Gasteiger partial charge in [-0.15, -0.1) is 0 Å². The monoisotopic (exact) mass is 247 g/mol. The van der Waals surface area contributed by atoms with Gasteiger partial charge in [-0.25, -0.2) is 0 Å². The molecule has 0 unspecified atom stereocenters. The van der Waals surface area contributed by atoms with E-state index in [1.54, 1.807) is 0 Å². The van der Waals surface area contributed by atoms with E-state index in [4.69, 9.17) is 4.74 Å². The fourth-order valence-electron chi connectivity index (χ4n) is 2.00. The van der Waals surface area contributed by atoms with Gasteiger partial charge in [0.2, 0.25) is 0 Å². The predicted molar refractivity (Wildman–Crippen MR) is 74.1 cm³/mol. The molecule has 1 rings (SSSR count). The molecule has 0 fully saturated rings. The van der Waals surface area contributed by atoms with Crippen molar-refractivity contribution >= 4 is 12.7 Å². The van der Waals surface area contributed by atoms with Crippen LogP contribution in [0.3, 0.4) is 0 Å². The Balaban J connectivity index is 2.52. The van der Waals surface area contributed by atoms with Crippen LogP contribution in [0.25, 0.3) is 0 Å². The van der Waals surface area contributed by atoms with Crippen molar-refractivity contribution in [1.82, 2.24) is 0 Å². The van der Waals surface area contributed by atoms with Crippen LogP contribution in [0, 0.1) is 0 Å². The molecule has 0 bridgehead atoms. The zero-order valence-electron chi connectivity index (χ0n) is 11.0. The van der Waals surface area contributed by atoms with Crippen molar-refractivity contribution in [1.29, 1.82) is 0 Å². The predicted octanol–water partition coefficient (Wildman–Crippen LogP) is 3.20. The molecule has 0 spiro atoms. The second kappa shape index (κ2) is 8.45. The maximum Gasteiger partial charge on any atom is 0.313 e. The summed E-state index contributed by atoms with van der Waals surface area (Å²) in [6.07, 6.45) is 3.93. The maximum absolute atomic E-state index is 11.8. The van der Waals surface area contributed by atoms with E-state index in [0.717, 1.165) is 37.8 Å². The molecule has 0 amide bonds. The standard InChI is InChI=1S/C15H21NO2/c1-16-12-8-4-7-11-14(15(17)18-2)13-9-5-3-6-10-13/h3,5-6,9-10,14H,1,4,7-8,11-12H2,2H3/t14-/m0/s1. The highest BCUT2D eigenvalue weighted by atomic mass is 16.5. The highest BCUT2D eigenvalue weighted by Gasteiger charge is 2.20. The van der Waals surface area contributed by atoms with Crippen molar-refractivity contribution in [3.8, 4) is 0 Å². The van der Waals surface area contributed by atoms with Crippen LogP contribution in [0.1, 0.15) is 37.2 Å². The smallest absolute Gasteiger partial charge is 0.313 e. The summed E-state index contributed by atoms with van der Waals surface area (Å²) in [5, 5.41) is 0. The van der Waals surface area contributed by atoms with Crippen molar-refractivity contribution in [2.45, 2.75) is 31.6 Å². The van der Waals surface area contributed by atoms with Crippen molar-refractivity contribution in [2.24, 2.45) is 4.99 Å². The van der Waals surface area contributed by atoms with Gasteiger partial charge in [-0.3, -0.25) is 4.79 Å². The number of aliphatic imine (C=N–C) groups is 1. The summed E-state index contributed by atoms with van der Waals surface area (Å²) in [5.74, 6) is -0.295. The minimum atomic E-state index is -0.150. The third kappa shape index (κ3) is 4.70. The van der Waals surface area contributed by atoms with Crippen molar-refractivity contribution < 1.29 is 9.53 Å². The Kier molecular flexibility index (Phi) is 6.77. The van der Waals surface area contributed by atoms with Gasteiger partial charge >= 0.3 is 5.97 Å². The van der Waals surface area contributed by atoms with Crippen molar-refractivity contribution in [2.75, 3.05) is 13.7 Å². The SMILES string of the molecule is C=NCCCCC[C@H](C(=O)OC)c1ccccc1. The molecule has 98 valence electrons. The molecule has 0 aromatic heterocycles. The van der Waals surface area contributed by atoms with Crippen molar-refractivity contribution in [3.63, 3.8) is 0 Å². The van der Waals surface area contributed by atoms with E-state index in [2.05, 4.69) is 11.7 Å². The van der Waals surface area contributed by atoms with Gasteiger partial charge < -0.3 is 9.73 Å². The summed E-state index contributed by atoms with van der Waals surface area (Å²) >= 11 is 0. The fraction of sp³-hybridized carbons (Fsp3) is 0.467. The first-order valence-electron chi connectivity index (χ1n) is 6.35. The summed E-state index contributed by atoms with van der Waals surface area (Å²) < 4.78 is 4.88. The zero-order valence-corrected chi connectivity index (χ0v) is 11.0. The van der Waals surface area contributed by atoms with Crippen LogP contribution in [0.2, 0.25) is 0 Å². The topological polar surface area (TPSA) is 38.7 Å². The summed E-state index contributed by atoms with van der Waals surface area (Å²) in [6, 6.07) is 9.81. The molecule has 0 heterocycles. The number of benzene rings is 1. The van der Waals surface area contributed by atoms with Gasteiger partial charge in [0, 0.05) is 6.54 Å². The van der Waals surface area contributed by atoms with E-state index in [1.807, 2.05) is 30.3 Å². The molecule has 0 aliphatic rings. The number of esters is 1. The molecule has 3 heteroatoms. The fourth-order valence-corrected chi connectivity index (χ4v) is 2.00. The van der Waals surface area contributed by atoms with Gasteiger partial charge in [0.05, 0.1) is 13.0 Å². The number of ether oxygens (including phenoxy) is 1. The average Bonchev–Trinajstić information content (AvgIpc) is 2.43. The minimum absolute atomic E-state index is 0.145. The number of unbranched alkanes of at least 4 members (excludes halogenated alkanes) is 2. The largest absolute Gasteiger partial charge is 0.469 e. The molecule has 1 aromatic carbocycles. The van der Waals surface area contributed by atoms with Gasteiger partial charge in [-0.2, -0.15) is 0 Å². The zero-order chi connectivity index (χ0) is 13.2. The molecule has 0 N–H and O–H groups in total. The van der Waals surface area contributed by atoms with E-state index in [0.29, 0.717) is 0 Å². The van der Waals surface area contributed by atoms with Crippen LogP contribution in [-0.4, -0.2) is 26.3 Å². The molecule has 18 heavy (non-hydrogen) atoms. The summed E-state index contributed by atoms with van der Waals surface area (Å²) in [7, 11) is 1.44. The summed E-state index contributed by atoms with van der Waals surface area (Å²) in [5.41, 5.74) is 1.03.